The minimum Gasteiger partial charge on any atom is -0.489 e. The molecule has 3 aromatic rings. The van der Waals surface area contributed by atoms with Crippen LogP contribution in [0, 0.1) is 11.3 Å². The van der Waals surface area contributed by atoms with Crippen molar-refractivity contribution in [3.8, 4) is 11.8 Å². The first-order chi connectivity index (χ1) is 14.8. The Balaban J connectivity index is 1.70. The van der Waals surface area contributed by atoms with Gasteiger partial charge >= 0.3 is 0 Å². The number of rotatable bonds is 7. The summed E-state index contributed by atoms with van der Waals surface area (Å²) in [5.41, 5.74) is 1.87. The summed E-state index contributed by atoms with van der Waals surface area (Å²) in [5.74, 6) is -0.0182. The van der Waals surface area contributed by atoms with Gasteiger partial charge in [-0.25, -0.2) is 13.6 Å². The number of ether oxygens (including phenoxy) is 1. The van der Waals surface area contributed by atoms with Crippen LogP contribution in [0.25, 0.3) is 6.08 Å². The largest absolute Gasteiger partial charge is 0.489 e. The lowest BCUT2D eigenvalue weighted by molar-refractivity contribution is -0.112. The molecule has 0 atom stereocenters. The minimum atomic E-state index is -3.82. The maximum absolute atomic E-state index is 12.4. The van der Waals surface area contributed by atoms with E-state index in [1.54, 1.807) is 24.3 Å². The van der Waals surface area contributed by atoms with E-state index in [1.165, 1.54) is 30.3 Å². The zero-order chi connectivity index (χ0) is 22.3. The van der Waals surface area contributed by atoms with Gasteiger partial charge in [0.1, 0.15) is 24.0 Å². The number of amides is 1. The Hall–Kier alpha value is -3.93. The van der Waals surface area contributed by atoms with Crippen molar-refractivity contribution in [2.45, 2.75) is 11.5 Å². The third-order valence-electron chi connectivity index (χ3n) is 4.22. The Morgan fingerprint density at radius 1 is 1.03 bits per heavy atom. The van der Waals surface area contributed by atoms with Crippen molar-refractivity contribution in [1.82, 2.24) is 0 Å². The lowest BCUT2D eigenvalue weighted by Crippen LogP contribution is -2.14. The van der Waals surface area contributed by atoms with E-state index in [4.69, 9.17) is 9.88 Å². The summed E-state index contributed by atoms with van der Waals surface area (Å²) in [6.45, 7) is 0.397. The van der Waals surface area contributed by atoms with Crippen LogP contribution in [0.2, 0.25) is 0 Å². The van der Waals surface area contributed by atoms with E-state index in [2.05, 4.69) is 5.32 Å². The molecular weight excluding hydrogens is 414 g/mol. The zero-order valence-corrected chi connectivity index (χ0v) is 17.2. The number of carbonyl (C=O) groups excluding carboxylic acids is 1. The van der Waals surface area contributed by atoms with Crippen molar-refractivity contribution in [2.75, 3.05) is 5.32 Å². The minimum absolute atomic E-state index is 0.0751. The van der Waals surface area contributed by atoms with E-state index >= 15 is 0 Å². The summed E-state index contributed by atoms with van der Waals surface area (Å²) in [6, 6.07) is 23.9. The Labute approximate surface area is 180 Å². The third kappa shape index (κ3) is 6.27. The van der Waals surface area contributed by atoms with Gasteiger partial charge in [0, 0.05) is 5.69 Å². The van der Waals surface area contributed by atoms with Gasteiger partial charge in [0.2, 0.25) is 10.0 Å². The maximum atomic E-state index is 12.4. The molecule has 8 heteroatoms. The fraction of sp³-hybridized carbons (Fsp3) is 0.0435. The SMILES string of the molecule is N#C/C(=C/c1cccc(OCc2ccccc2)c1)C(=O)Nc1ccc(S(N)(=O)=O)cc1. The molecule has 0 unspecified atom stereocenters. The predicted octanol–water partition coefficient (Wildman–Crippen LogP) is 3.46. The number of hydrogen-bond donors (Lipinski definition) is 2. The number of nitriles is 1. The highest BCUT2D eigenvalue weighted by Crippen LogP contribution is 2.19. The number of sulfonamides is 1. The van der Waals surface area contributed by atoms with Gasteiger partial charge in [-0.1, -0.05) is 42.5 Å². The first-order valence-electron chi connectivity index (χ1n) is 9.18. The van der Waals surface area contributed by atoms with Crippen LogP contribution < -0.4 is 15.2 Å². The number of anilines is 1. The molecule has 3 N–H and O–H groups in total. The van der Waals surface area contributed by atoms with Gasteiger partial charge in [-0.05, 0) is 53.6 Å². The summed E-state index contributed by atoms with van der Waals surface area (Å²) in [7, 11) is -3.82. The smallest absolute Gasteiger partial charge is 0.266 e. The molecule has 3 aromatic carbocycles. The number of nitrogens with two attached hydrogens (primary N) is 1. The topological polar surface area (TPSA) is 122 Å². The van der Waals surface area contributed by atoms with E-state index < -0.39 is 15.9 Å². The van der Waals surface area contributed by atoms with Gasteiger partial charge in [-0.3, -0.25) is 4.79 Å². The van der Waals surface area contributed by atoms with Gasteiger partial charge in [0.05, 0.1) is 4.90 Å². The summed E-state index contributed by atoms with van der Waals surface area (Å²) >= 11 is 0. The van der Waals surface area contributed by atoms with Gasteiger partial charge < -0.3 is 10.1 Å². The van der Waals surface area contributed by atoms with E-state index in [9.17, 15) is 18.5 Å². The van der Waals surface area contributed by atoms with Crippen LogP contribution in [0.15, 0.2) is 89.3 Å². The summed E-state index contributed by atoms with van der Waals surface area (Å²) in [6.07, 6.45) is 1.45. The summed E-state index contributed by atoms with van der Waals surface area (Å²) in [4.78, 5) is 12.4. The van der Waals surface area contributed by atoms with E-state index in [1.807, 2.05) is 36.4 Å². The van der Waals surface area contributed by atoms with Crippen LogP contribution in [-0.2, 0) is 21.4 Å². The maximum Gasteiger partial charge on any atom is 0.266 e. The van der Waals surface area contributed by atoms with E-state index in [0.29, 0.717) is 23.6 Å². The molecule has 0 saturated heterocycles. The third-order valence-corrected chi connectivity index (χ3v) is 5.15. The van der Waals surface area contributed by atoms with Crippen molar-refractivity contribution in [2.24, 2.45) is 5.14 Å². The molecule has 31 heavy (non-hydrogen) atoms. The van der Waals surface area contributed by atoms with Crippen LogP contribution in [0.5, 0.6) is 5.75 Å². The Kier molecular flexibility index (Phi) is 6.82. The van der Waals surface area contributed by atoms with Crippen molar-refractivity contribution < 1.29 is 17.9 Å². The van der Waals surface area contributed by atoms with Gasteiger partial charge in [0.25, 0.3) is 5.91 Å². The molecule has 0 heterocycles. The van der Waals surface area contributed by atoms with Gasteiger partial charge in [-0.2, -0.15) is 5.26 Å². The predicted molar refractivity (Wildman–Crippen MR) is 117 cm³/mol. The molecule has 0 radical (unpaired) electrons. The normalized spacial score (nSPS) is 11.4. The van der Waals surface area contributed by atoms with Gasteiger partial charge in [-0.15, -0.1) is 0 Å². The lowest BCUT2D eigenvalue weighted by Gasteiger charge is -2.08. The molecule has 1 amide bonds. The van der Waals surface area contributed by atoms with E-state index in [0.717, 1.165) is 5.56 Å². The summed E-state index contributed by atoms with van der Waals surface area (Å²) in [5, 5.41) is 17.0. The van der Waals surface area contributed by atoms with Crippen LogP contribution in [0.4, 0.5) is 5.69 Å². The Bertz CT molecular complexity index is 1250. The van der Waals surface area contributed by atoms with Gasteiger partial charge in [0.15, 0.2) is 0 Å². The highest BCUT2D eigenvalue weighted by Gasteiger charge is 2.12. The van der Waals surface area contributed by atoms with Crippen LogP contribution >= 0.6 is 0 Å². The number of hydrogen-bond acceptors (Lipinski definition) is 5. The molecule has 0 aromatic heterocycles. The summed E-state index contributed by atoms with van der Waals surface area (Å²) < 4.78 is 28.4. The number of primary sulfonamides is 1. The molecule has 0 aliphatic heterocycles. The van der Waals surface area contributed by atoms with Crippen molar-refractivity contribution >= 4 is 27.7 Å². The van der Waals surface area contributed by atoms with Crippen LogP contribution in [0.3, 0.4) is 0 Å². The number of carbonyl (C=O) groups is 1. The average molecular weight is 433 g/mol. The molecule has 3 rings (SSSR count). The van der Waals surface area contributed by atoms with Crippen molar-refractivity contribution in [3.63, 3.8) is 0 Å². The van der Waals surface area contributed by atoms with Crippen molar-refractivity contribution in [1.29, 1.82) is 5.26 Å². The first kappa shape index (κ1) is 21.8. The first-order valence-corrected chi connectivity index (χ1v) is 10.7. The Morgan fingerprint density at radius 2 is 1.74 bits per heavy atom. The molecule has 0 saturated carbocycles. The molecule has 0 fully saturated rings. The molecular formula is C23H19N3O4S. The van der Waals surface area contributed by atoms with E-state index in [-0.39, 0.29) is 10.5 Å². The fourth-order valence-electron chi connectivity index (χ4n) is 2.68. The molecule has 0 spiro atoms. The molecule has 0 aliphatic rings. The monoisotopic (exact) mass is 433 g/mol. The standard InChI is InChI=1S/C23H19N3O4S/c24-15-19(23(27)26-20-9-11-22(12-10-20)31(25,28)29)13-18-7-4-8-21(14-18)30-16-17-5-2-1-3-6-17/h1-14H,16H2,(H,26,27)(H2,25,28,29)/b19-13-. The second-order valence-electron chi connectivity index (χ2n) is 6.54. The molecule has 0 aliphatic carbocycles. The number of nitrogens with one attached hydrogen (secondary N) is 1. The average Bonchev–Trinajstić information content (AvgIpc) is 2.77. The quantitative estimate of drug-likeness (QED) is 0.436. The number of benzene rings is 3. The van der Waals surface area contributed by atoms with Crippen LogP contribution in [-0.4, -0.2) is 14.3 Å². The second kappa shape index (κ2) is 9.71. The van der Waals surface area contributed by atoms with Crippen molar-refractivity contribution in [3.05, 3.63) is 95.6 Å². The molecule has 7 nitrogen and oxygen atoms in total. The highest BCUT2D eigenvalue weighted by molar-refractivity contribution is 7.89. The Morgan fingerprint density at radius 3 is 2.39 bits per heavy atom. The fourth-order valence-corrected chi connectivity index (χ4v) is 3.19. The second-order valence-corrected chi connectivity index (χ2v) is 8.10. The number of nitrogens with zero attached hydrogens (tertiary/aromatic N) is 1. The molecule has 156 valence electrons. The van der Waals surface area contributed by atoms with Crippen LogP contribution in [0.1, 0.15) is 11.1 Å². The zero-order valence-electron chi connectivity index (χ0n) is 16.4. The lowest BCUT2D eigenvalue weighted by atomic mass is 10.1. The highest BCUT2D eigenvalue weighted by atomic mass is 32.2. The molecule has 0 bridgehead atoms.